The van der Waals surface area contributed by atoms with Crippen LogP contribution < -0.4 is 19.7 Å². The second-order valence-corrected chi connectivity index (χ2v) is 17.7. The number of likely N-dealkylation sites (tertiary alicyclic amines) is 1. The van der Waals surface area contributed by atoms with Crippen molar-refractivity contribution in [3.63, 3.8) is 0 Å². The van der Waals surface area contributed by atoms with E-state index in [1.54, 1.807) is 25.4 Å². The summed E-state index contributed by atoms with van der Waals surface area (Å²) in [7, 11) is -2.85. The van der Waals surface area contributed by atoms with Crippen molar-refractivity contribution in [1.29, 1.82) is 0 Å². The zero-order chi connectivity index (χ0) is 44.4. The van der Waals surface area contributed by atoms with Gasteiger partial charge in [0.15, 0.2) is 11.9 Å². The summed E-state index contributed by atoms with van der Waals surface area (Å²) >= 11 is 0. The third-order valence-corrected chi connectivity index (χ3v) is 13.5. The Labute approximate surface area is 362 Å². The molecule has 3 aliphatic heterocycles. The van der Waals surface area contributed by atoms with Crippen molar-refractivity contribution < 1.29 is 41.1 Å². The molecule has 1 unspecified atom stereocenters. The summed E-state index contributed by atoms with van der Waals surface area (Å²) in [6.07, 6.45) is 6.24. The van der Waals surface area contributed by atoms with E-state index >= 15 is 8.78 Å². The molecule has 0 spiro atoms. The van der Waals surface area contributed by atoms with E-state index in [1.165, 1.54) is 13.2 Å². The van der Waals surface area contributed by atoms with Crippen LogP contribution in [0.4, 0.5) is 20.3 Å². The molecule has 330 valence electrons. The molecule has 0 bridgehead atoms. The summed E-state index contributed by atoms with van der Waals surface area (Å²) in [4.78, 5) is 68.7. The third kappa shape index (κ3) is 9.40. The van der Waals surface area contributed by atoms with Crippen molar-refractivity contribution >= 4 is 56.3 Å². The van der Waals surface area contributed by atoms with Gasteiger partial charge in [-0.1, -0.05) is 19.1 Å². The number of amides is 3. The Balaban J connectivity index is 0.833. The monoisotopic (exact) mass is 883 g/mol. The second-order valence-electron chi connectivity index (χ2n) is 15.9. The predicted molar refractivity (Wildman–Crippen MR) is 230 cm³/mol. The van der Waals surface area contributed by atoms with Crippen LogP contribution in [0.5, 0.6) is 5.75 Å². The van der Waals surface area contributed by atoms with Gasteiger partial charge < -0.3 is 19.5 Å². The van der Waals surface area contributed by atoms with Crippen LogP contribution in [0.2, 0.25) is 0 Å². The minimum absolute atomic E-state index is 0.0450. The minimum Gasteiger partial charge on any atom is -0.481 e. The summed E-state index contributed by atoms with van der Waals surface area (Å²) in [5.41, 5.74) is 1.28. The Morgan fingerprint density at radius 1 is 0.921 bits per heavy atom. The molecule has 6 heterocycles. The summed E-state index contributed by atoms with van der Waals surface area (Å²) < 4.78 is 64.6. The SMILES string of the molecule is CCN(C)S(=O)(=O)Nc1ccc(F)c(C(=O)c2c[nH]c3ncc(-c4ccc(N5CCN(CC(=O)N6CCC(c7ccc(OC8CCC(=O)NC8=O)cc7)CC6)CC5)nc4)cc23)c1F. The normalized spacial score (nSPS) is 17.9. The number of nitrogens with zero attached hydrogens (tertiary/aromatic N) is 6. The molecule has 16 nitrogen and oxygen atoms in total. The number of ether oxygens (including phenoxy) is 1. The lowest BCUT2D eigenvalue weighted by Crippen LogP contribution is -2.51. The van der Waals surface area contributed by atoms with Crippen LogP contribution in [0.15, 0.2) is 73.2 Å². The first-order chi connectivity index (χ1) is 30.3. The van der Waals surface area contributed by atoms with Gasteiger partial charge in [-0.3, -0.25) is 34.1 Å². The molecule has 3 aromatic heterocycles. The van der Waals surface area contributed by atoms with E-state index in [1.807, 2.05) is 41.3 Å². The fraction of sp³-hybridized carbons (Fsp3) is 0.364. The van der Waals surface area contributed by atoms with E-state index in [0.717, 1.165) is 40.7 Å². The van der Waals surface area contributed by atoms with E-state index < -0.39 is 50.9 Å². The lowest BCUT2D eigenvalue weighted by Gasteiger charge is -2.37. The zero-order valence-electron chi connectivity index (χ0n) is 34.8. The number of carbonyl (C=O) groups excluding carboxylic acids is 4. The first-order valence-corrected chi connectivity index (χ1v) is 22.3. The van der Waals surface area contributed by atoms with Crippen molar-refractivity contribution in [2.45, 2.75) is 44.6 Å². The molecule has 1 atom stereocenters. The molecule has 19 heteroatoms. The average Bonchev–Trinajstić information content (AvgIpc) is 3.72. The van der Waals surface area contributed by atoms with Crippen molar-refractivity contribution in [2.75, 3.05) is 69.0 Å². The minimum atomic E-state index is -4.15. The maximum Gasteiger partial charge on any atom is 0.301 e. The van der Waals surface area contributed by atoms with Gasteiger partial charge in [0.1, 0.15) is 23.0 Å². The molecule has 0 radical (unpaired) electrons. The van der Waals surface area contributed by atoms with Gasteiger partial charge in [-0.2, -0.15) is 12.7 Å². The molecular formula is C44H47F2N9O7S. The lowest BCUT2D eigenvalue weighted by atomic mass is 9.89. The van der Waals surface area contributed by atoms with Crippen molar-refractivity contribution in [3.8, 4) is 16.9 Å². The lowest BCUT2D eigenvalue weighted by molar-refractivity contribution is -0.139. The number of hydrogen-bond donors (Lipinski definition) is 3. The van der Waals surface area contributed by atoms with Crippen molar-refractivity contribution in [1.82, 2.24) is 34.4 Å². The number of anilines is 2. The highest BCUT2D eigenvalue weighted by atomic mass is 32.2. The van der Waals surface area contributed by atoms with Crippen molar-refractivity contribution in [3.05, 3.63) is 102 Å². The fourth-order valence-corrected chi connectivity index (χ4v) is 9.04. The van der Waals surface area contributed by atoms with E-state index in [4.69, 9.17) is 9.72 Å². The molecule has 3 fully saturated rings. The molecule has 5 aromatic rings. The number of ketones is 1. The molecule has 3 saturated heterocycles. The standard InChI is InChI=1S/C44H47F2N9O7S/c1-3-52(2)63(60,61)51-35-10-9-34(45)40(41(35)46)42(58)33-25-49-43-32(33)22-30(24-48-43)29-6-12-37(47-23-29)54-20-18-53(19-21-54)26-39(57)55-16-14-28(15-17-55)27-4-7-31(8-5-27)62-36-11-13-38(56)50-44(36)59/h4-10,12,22-25,28,36,51H,3,11,13-21,26H2,1-2H3,(H,48,49)(H,50,56,59). The topological polar surface area (TPSA) is 190 Å². The molecule has 3 N–H and O–H groups in total. The Hall–Kier alpha value is -6.31. The van der Waals surface area contributed by atoms with Crippen LogP contribution in [0, 0.1) is 11.6 Å². The summed E-state index contributed by atoms with van der Waals surface area (Å²) in [5.74, 6) is -2.39. The highest BCUT2D eigenvalue weighted by Crippen LogP contribution is 2.32. The molecule has 8 rings (SSSR count). The van der Waals surface area contributed by atoms with Crippen LogP contribution in [0.25, 0.3) is 22.2 Å². The third-order valence-electron chi connectivity index (χ3n) is 12.0. The number of nitrogens with one attached hydrogen (secondary N) is 3. The number of aromatic amines is 1. The van der Waals surface area contributed by atoms with Crippen LogP contribution in [-0.2, 0) is 24.6 Å². The number of fused-ring (bicyclic) bond motifs is 1. The summed E-state index contributed by atoms with van der Waals surface area (Å²) in [6.45, 7) is 6.12. The molecule has 0 aliphatic carbocycles. The number of imide groups is 1. The van der Waals surface area contributed by atoms with Crippen molar-refractivity contribution in [2.24, 2.45) is 0 Å². The molecule has 2 aromatic carbocycles. The number of hydrogen-bond acceptors (Lipinski definition) is 11. The van der Waals surface area contributed by atoms with Gasteiger partial charge in [-0.15, -0.1) is 0 Å². The maximum absolute atomic E-state index is 15.6. The number of piperidine rings is 2. The number of benzene rings is 2. The molecular weight excluding hydrogens is 837 g/mol. The van der Waals surface area contributed by atoms with E-state index in [9.17, 15) is 27.6 Å². The van der Waals surface area contributed by atoms with Gasteiger partial charge in [0.25, 0.3) is 5.91 Å². The first-order valence-electron chi connectivity index (χ1n) is 20.8. The zero-order valence-corrected chi connectivity index (χ0v) is 35.6. The van der Waals surface area contributed by atoms with Crippen LogP contribution in [-0.4, -0.2) is 126 Å². The van der Waals surface area contributed by atoms with Gasteiger partial charge in [0, 0.05) is 106 Å². The number of piperazine rings is 1. The van der Waals surface area contributed by atoms with Gasteiger partial charge in [-0.05, 0) is 66.8 Å². The molecule has 3 amide bonds. The van der Waals surface area contributed by atoms with E-state index in [0.29, 0.717) is 86.1 Å². The molecule has 0 saturated carbocycles. The number of pyridine rings is 2. The Morgan fingerprint density at radius 3 is 2.33 bits per heavy atom. The first kappa shape index (κ1) is 43.3. The number of aromatic nitrogens is 3. The van der Waals surface area contributed by atoms with E-state index in [-0.39, 0.29) is 30.3 Å². The number of rotatable bonds is 13. The molecule has 63 heavy (non-hydrogen) atoms. The van der Waals surface area contributed by atoms with Crippen LogP contribution >= 0.6 is 0 Å². The predicted octanol–water partition coefficient (Wildman–Crippen LogP) is 4.45. The molecule has 3 aliphatic rings. The summed E-state index contributed by atoms with van der Waals surface area (Å²) in [5, 5.41) is 2.63. The average molecular weight is 884 g/mol. The largest absolute Gasteiger partial charge is 0.481 e. The fourth-order valence-electron chi connectivity index (χ4n) is 8.11. The van der Waals surface area contributed by atoms with Gasteiger partial charge in [0.05, 0.1) is 17.8 Å². The number of halogens is 2. The van der Waals surface area contributed by atoms with Gasteiger partial charge in [-0.25, -0.2) is 18.7 Å². The van der Waals surface area contributed by atoms with Gasteiger partial charge in [0.2, 0.25) is 17.6 Å². The highest BCUT2D eigenvalue weighted by molar-refractivity contribution is 7.90. The number of carbonyl (C=O) groups is 4. The highest BCUT2D eigenvalue weighted by Gasteiger charge is 2.31. The Morgan fingerprint density at radius 2 is 1.65 bits per heavy atom. The van der Waals surface area contributed by atoms with E-state index in [2.05, 4.69) is 29.8 Å². The second kappa shape index (κ2) is 18.2. The Bertz CT molecular complexity index is 2650. The summed E-state index contributed by atoms with van der Waals surface area (Å²) in [6, 6.07) is 14.9. The maximum atomic E-state index is 15.6. The van der Waals surface area contributed by atoms with Crippen LogP contribution in [0.3, 0.4) is 0 Å². The Kier molecular flexibility index (Phi) is 12.5. The smallest absolute Gasteiger partial charge is 0.301 e. The quantitative estimate of drug-likeness (QED) is 0.112. The van der Waals surface area contributed by atoms with Crippen LogP contribution in [0.1, 0.15) is 60.0 Å². The number of H-pyrrole nitrogens is 1. The van der Waals surface area contributed by atoms with Gasteiger partial charge >= 0.3 is 10.2 Å².